The van der Waals surface area contributed by atoms with Crippen molar-refractivity contribution >= 4 is 45.4 Å². The number of hydrogen-bond donors (Lipinski definition) is 0. The van der Waals surface area contributed by atoms with Crippen LogP contribution in [0.4, 0.5) is 27.8 Å². The van der Waals surface area contributed by atoms with Crippen molar-refractivity contribution in [3.63, 3.8) is 0 Å². The van der Waals surface area contributed by atoms with E-state index in [4.69, 9.17) is 0 Å². The smallest absolute Gasteiger partial charge is 0.352 e. The van der Waals surface area contributed by atoms with E-state index in [0.29, 0.717) is 11.7 Å². The van der Waals surface area contributed by atoms with Crippen LogP contribution in [-0.2, 0) is 17.5 Å². The summed E-state index contributed by atoms with van der Waals surface area (Å²) in [7, 11) is 0. The Bertz CT molecular complexity index is 2170. The number of piperazine rings is 1. The molecule has 0 N–H and O–H groups in total. The Kier molecular flexibility index (Phi) is 7.76. The Labute approximate surface area is 274 Å². The number of benzene rings is 2. The highest BCUT2D eigenvalue weighted by Gasteiger charge is 2.40. The zero-order valence-electron chi connectivity index (χ0n) is 25.7. The standard InChI is InChI=1S/C33H28F5N7O2S/c1-4-26(46)44-17(2)13-42(14-18(44)3)31-23-11-24(33(36,37)38)27(22-8-7-20(34)10-25(22)35)29-28(23)43(32(47)41-31)15-21(16-48-29)45-30-19(12-40-45)6-5-9-39-30/h4-12,17-18,21H,1,13-16H2,2-3H3/t17-,18+,21-/m0/s1. The second kappa shape index (κ2) is 11.7. The maximum Gasteiger partial charge on any atom is 0.417 e. The summed E-state index contributed by atoms with van der Waals surface area (Å²) < 4.78 is 77.5. The van der Waals surface area contributed by atoms with E-state index in [0.717, 1.165) is 35.3 Å². The fraction of sp³-hybridized carbons (Fsp3) is 0.303. The minimum atomic E-state index is -4.97. The second-order valence-electron chi connectivity index (χ2n) is 12.0. The van der Waals surface area contributed by atoms with Gasteiger partial charge in [-0.3, -0.25) is 9.36 Å². The van der Waals surface area contributed by atoms with E-state index >= 15 is 17.6 Å². The number of amides is 1. The highest BCUT2D eigenvalue weighted by Crippen LogP contribution is 2.49. The SMILES string of the molecule is C=CC(=O)N1[C@H](C)CN(c2nc(=O)n3c4c(c(-c5ccc(F)cc5F)c(C(F)(F)F)cc24)SC[C@@H](n2ncc4cccnc42)C3)C[C@@H]1C. The molecule has 2 aliphatic rings. The number of halogens is 5. The zero-order chi connectivity index (χ0) is 34.1. The molecule has 2 aromatic carbocycles. The predicted octanol–water partition coefficient (Wildman–Crippen LogP) is 6.06. The lowest BCUT2D eigenvalue weighted by Crippen LogP contribution is -2.58. The Morgan fingerprint density at radius 2 is 1.83 bits per heavy atom. The average Bonchev–Trinajstić information content (AvgIpc) is 3.36. The normalized spacial score (nSPS) is 19.9. The quantitative estimate of drug-likeness (QED) is 0.168. The molecule has 5 aromatic rings. The Morgan fingerprint density at radius 3 is 2.52 bits per heavy atom. The number of thioether (sulfide) groups is 1. The van der Waals surface area contributed by atoms with Gasteiger partial charge in [-0.25, -0.2) is 23.2 Å². The summed E-state index contributed by atoms with van der Waals surface area (Å²) in [5.74, 6) is -2.23. The number of hydrogen-bond acceptors (Lipinski definition) is 7. The first-order chi connectivity index (χ1) is 22.9. The molecule has 0 radical (unpaired) electrons. The van der Waals surface area contributed by atoms with Crippen molar-refractivity contribution in [2.75, 3.05) is 23.7 Å². The van der Waals surface area contributed by atoms with Crippen LogP contribution < -0.4 is 10.6 Å². The van der Waals surface area contributed by atoms with Gasteiger partial charge in [-0.15, -0.1) is 11.8 Å². The fourth-order valence-electron chi connectivity index (χ4n) is 6.90. The molecular weight excluding hydrogens is 653 g/mol. The molecule has 1 amide bonds. The third-order valence-electron chi connectivity index (χ3n) is 8.87. The molecule has 1 saturated heterocycles. The first kappa shape index (κ1) is 31.8. The van der Waals surface area contributed by atoms with E-state index < -0.39 is 46.2 Å². The van der Waals surface area contributed by atoms with Crippen LogP contribution in [-0.4, -0.2) is 66.0 Å². The average molecular weight is 682 g/mol. The van der Waals surface area contributed by atoms with Gasteiger partial charge in [0.2, 0.25) is 5.91 Å². The van der Waals surface area contributed by atoms with Crippen LogP contribution in [0.1, 0.15) is 25.5 Å². The minimum absolute atomic E-state index is 0.0128. The first-order valence-corrected chi connectivity index (χ1v) is 16.1. The summed E-state index contributed by atoms with van der Waals surface area (Å²) in [6.07, 6.45) is -0.555. The lowest BCUT2D eigenvalue weighted by atomic mass is 9.95. The number of alkyl halides is 3. The Hall–Kier alpha value is -4.79. The monoisotopic (exact) mass is 681 g/mol. The van der Waals surface area contributed by atoms with Gasteiger partial charge in [-0.05, 0) is 50.3 Å². The number of fused-ring (bicyclic) bond motifs is 1. The molecule has 0 unspecified atom stereocenters. The molecule has 1 fully saturated rings. The zero-order valence-corrected chi connectivity index (χ0v) is 26.5. The first-order valence-electron chi connectivity index (χ1n) is 15.1. The van der Waals surface area contributed by atoms with Gasteiger partial charge >= 0.3 is 11.9 Å². The number of carbonyl (C=O) groups excluding carboxylic acids is 1. The van der Waals surface area contributed by atoms with Crippen molar-refractivity contribution in [1.82, 2.24) is 29.2 Å². The van der Waals surface area contributed by atoms with Gasteiger partial charge < -0.3 is 9.80 Å². The van der Waals surface area contributed by atoms with E-state index in [1.807, 2.05) is 6.07 Å². The van der Waals surface area contributed by atoms with Gasteiger partial charge in [-0.1, -0.05) is 6.58 Å². The van der Waals surface area contributed by atoms with Gasteiger partial charge in [-0.2, -0.15) is 23.3 Å². The van der Waals surface area contributed by atoms with Gasteiger partial charge in [0.1, 0.15) is 17.5 Å². The van der Waals surface area contributed by atoms with Gasteiger partial charge in [0, 0.05) is 70.0 Å². The highest BCUT2D eigenvalue weighted by molar-refractivity contribution is 7.99. The van der Waals surface area contributed by atoms with Crippen LogP contribution in [0.2, 0.25) is 0 Å². The topological polar surface area (TPSA) is 89.2 Å². The highest BCUT2D eigenvalue weighted by atomic mass is 32.2. The van der Waals surface area contributed by atoms with Crippen LogP contribution >= 0.6 is 11.8 Å². The van der Waals surface area contributed by atoms with E-state index in [1.54, 1.807) is 46.8 Å². The lowest BCUT2D eigenvalue weighted by Gasteiger charge is -2.44. The van der Waals surface area contributed by atoms with Crippen LogP contribution in [0.5, 0.6) is 0 Å². The predicted molar refractivity (Wildman–Crippen MR) is 172 cm³/mol. The number of carbonyl (C=O) groups is 1. The Balaban J connectivity index is 1.50. The van der Waals surface area contributed by atoms with Crippen molar-refractivity contribution < 1.29 is 26.7 Å². The molecule has 48 heavy (non-hydrogen) atoms. The van der Waals surface area contributed by atoms with Crippen molar-refractivity contribution in [2.45, 2.75) is 49.6 Å². The summed E-state index contributed by atoms with van der Waals surface area (Å²) >= 11 is 1.03. The van der Waals surface area contributed by atoms with E-state index in [-0.39, 0.29) is 65.0 Å². The van der Waals surface area contributed by atoms with Gasteiger partial charge in [0.15, 0.2) is 5.65 Å². The number of pyridine rings is 1. The van der Waals surface area contributed by atoms with E-state index in [1.165, 1.54) is 10.6 Å². The summed E-state index contributed by atoms with van der Waals surface area (Å²) in [6, 6.07) is 5.56. The molecule has 0 spiro atoms. The van der Waals surface area contributed by atoms with E-state index in [2.05, 4.69) is 21.6 Å². The van der Waals surface area contributed by atoms with Gasteiger partial charge in [0.05, 0.1) is 29.9 Å². The van der Waals surface area contributed by atoms with Gasteiger partial charge in [0.25, 0.3) is 0 Å². The summed E-state index contributed by atoms with van der Waals surface area (Å²) in [5.41, 5.74) is -2.13. The maximum absolute atomic E-state index is 15.4. The largest absolute Gasteiger partial charge is 0.417 e. The number of rotatable bonds is 4. The summed E-state index contributed by atoms with van der Waals surface area (Å²) in [6.45, 7) is 7.52. The molecule has 3 atom stereocenters. The van der Waals surface area contributed by atoms with Crippen LogP contribution in [0.25, 0.3) is 33.1 Å². The number of anilines is 1. The Morgan fingerprint density at radius 1 is 1.08 bits per heavy atom. The molecule has 3 aromatic heterocycles. The summed E-state index contributed by atoms with van der Waals surface area (Å²) in [5, 5.41) is 5.27. The van der Waals surface area contributed by atoms with Crippen molar-refractivity contribution in [3.8, 4) is 11.1 Å². The molecule has 0 bridgehead atoms. The number of aromatic nitrogens is 5. The van der Waals surface area contributed by atoms with Crippen molar-refractivity contribution in [2.24, 2.45) is 0 Å². The third kappa shape index (κ3) is 5.20. The molecule has 9 nitrogen and oxygen atoms in total. The maximum atomic E-state index is 15.4. The van der Waals surface area contributed by atoms with Crippen LogP contribution in [0.15, 0.2) is 71.1 Å². The molecule has 5 heterocycles. The molecule has 2 aliphatic heterocycles. The van der Waals surface area contributed by atoms with Crippen LogP contribution in [0.3, 0.4) is 0 Å². The molecule has 7 rings (SSSR count). The summed E-state index contributed by atoms with van der Waals surface area (Å²) in [4.78, 5) is 38.8. The third-order valence-corrected chi connectivity index (χ3v) is 10.1. The molecule has 0 saturated carbocycles. The number of nitrogens with zero attached hydrogens (tertiary/aromatic N) is 7. The molecule has 248 valence electrons. The van der Waals surface area contributed by atoms with E-state index in [9.17, 15) is 14.0 Å². The molecular formula is C33H28F5N7O2S. The minimum Gasteiger partial charge on any atom is -0.352 e. The van der Waals surface area contributed by atoms with Crippen molar-refractivity contribution in [1.29, 1.82) is 0 Å². The molecule has 15 heteroatoms. The lowest BCUT2D eigenvalue weighted by molar-refractivity contribution is -0.137. The second-order valence-corrected chi connectivity index (χ2v) is 13.0. The van der Waals surface area contributed by atoms with Crippen molar-refractivity contribution in [3.05, 3.63) is 89.1 Å². The fourth-order valence-corrected chi connectivity index (χ4v) is 8.23. The van der Waals surface area contributed by atoms with Crippen LogP contribution in [0, 0.1) is 11.6 Å². The molecule has 0 aliphatic carbocycles.